The van der Waals surface area contributed by atoms with E-state index in [2.05, 4.69) is 4.74 Å². The molecule has 0 aliphatic carbocycles. The van der Waals surface area contributed by atoms with Gasteiger partial charge < -0.3 is 4.74 Å². The first-order chi connectivity index (χ1) is 15.5. The van der Waals surface area contributed by atoms with E-state index in [0.717, 1.165) is 6.92 Å². The molecule has 1 rings (SSSR count). The molecule has 0 saturated carbocycles. The lowest BCUT2D eigenvalue weighted by molar-refractivity contribution is -0.451. The average Bonchev–Trinajstić information content (AvgIpc) is 2.72. The number of allylic oxidation sites excluding steroid dienone is 2. The molecule has 1 nitrogen and oxygen atoms in total. The van der Waals surface area contributed by atoms with Crippen LogP contribution in [0.25, 0.3) is 0 Å². The Kier molecular flexibility index (Phi) is 8.46. The van der Waals surface area contributed by atoms with E-state index in [4.69, 9.17) is 0 Å². The van der Waals surface area contributed by atoms with Crippen molar-refractivity contribution in [2.45, 2.75) is 61.5 Å². The van der Waals surface area contributed by atoms with Crippen LogP contribution in [-0.2, 0) is 11.2 Å². The van der Waals surface area contributed by atoms with E-state index in [1.807, 2.05) is 0 Å². The van der Waals surface area contributed by atoms with Gasteiger partial charge in [-0.05, 0) is 31.4 Å². The van der Waals surface area contributed by atoms with Crippen molar-refractivity contribution in [2.75, 3.05) is 6.61 Å². The first-order valence-corrected chi connectivity index (χ1v) is 9.25. The summed E-state index contributed by atoms with van der Waals surface area (Å²) in [6.07, 6.45) is -8.49. The molecule has 0 N–H and O–H groups in total. The van der Waals surface area contributed by atoms with Crippen molar-refractivity contribution in [1.29, 1.82) is 0 Å². The molecule has 1 aromatic carbocycles. The number of aryl methyl sites for hydroxylation is 1. The summed E-state index contributed by atoms with van der Waals surface area (Å²) < 4.78 is 204. The minimum absolute atomic E-state index is 0.0428. The van der Waals surface area contributed by atoms with Gasteiger partial charge in [-0.15, -0.1) is 0 Å². The number of hydrogen-bond acceptors (Lipinski definition) is 1. The fraction of sp³-hybridized carbons (Fsp3) is 0.579. The Balaban J connectivity index is 3.49. The number of rotatable bonds is 11. The predicted octanol–water partition coefficient (Wildman–Crippen LogP) is 7.91. The molecule has 0 heterocycles. The predicted molar refractivity (Wildman–Crippen MR) is 90.2 cm³/mol. The van der Waals surface area contributed by atoms with Gasteiger partial charge in [0.25, 0.3) is 0 Å². The topological polar surface area (TPSA) is 9.23 Å². The summed E-state index contributed by atoms with van der Waals surface area (Å²) in [6.45, 7) is -0.114. The van der Waals surface area contributed by atoms with E-state index in [1.165, 1.54) is 30.3 Å². The number of alkyl halides is 15. The van der Waals surface area contributed by atoms with Crippen molar-refractivity contribution in [1.82, 2.24) is 0 Å². The van der Waals surface area contributed by atoms with Gasteiger partial charge in [-0.1, -0.05) is 30.3 Å². The van der Waals surface area contributed by atoms with Gasteiger partial charge >= 0.3 is 41.7 Å². The van der Waals surface area contributed by atoms with Gasteiger partial charge in [-0.3, -0.25) is 0 Å². The lowest BCUT2D eigenvalue weighted by Crippen LogP contribution is -2.72. The third kappa shape index (κ3) is 5.01. The largest absolute Gasteiger partial charge is 0.492 e. The Morgan fingerprint density at radius 3 is 1.51 bits per heavy atom. The van der Waals surface area contributed by atoms with Crippen LogP contribution in [0.3, 0.4) is 0 Å². The molecule has 1 aromatic rings. The number of halogens is 15. The Labute approximate surface area is 187 Å². The van der Waals surface area contributed by atoms with Crippen LogP contribution in [0.15, 0.2) is 42.2 Å². The number of ether oxygens (including phenoxy) is 1. The van der Waals surface area contributed by atoms with Crippen LogP contribution in [0.5, 0.6) is 0 Å². The third-order valence-corrected chi connectivity index (χ3v) is 4.54. The van der Waals surface area contributed by atoms with E-state index in [-0.39, 0.29) is 12.5 Å². The molecule has 0 amide bonds. The normalized spacial score (nSPS) is 15.4. The molecule has 0 unspecified atom stereocenters. The van der Waals surface area contributed by atoms with Gasteiger partial charge in [0.1, 0.15) is 0 Å². The Bertz CT molecular complexity index is 872. The SMILES string of the molecule is CCO/C(=C\CCc1ccccc1)C(F)(F)C(F)(F)C(F)(F)C(F)(F)C(F)(F)C(F)(F)C(F)(F)F. The van der Waals surface area contributed by atoms with Crippen LogP contribution in [0.4, 0.5) is 65.9 Å². The quantitative estimate of drug-likeness (QED) is 0.203. The van der Waals surface area contributed by atoms with Crippen molar-refractivity contribution < 1.29 is 70.6 Å². The molecule has 202 valence electrons. The van der Waals surface area contributed by atoms with E-state index < -0.39 is 60.5 Å². The molecule has 0 saturated heterocycles. The van der Waals surface area contributed by atoms with Gasteiger partial charge in [-0.2, -0.15) is 65.9 Å². The minimum Gasteiger partial charge on any atom is -0.492 e. The fourth-order valence-electron chi connectivity index (χ4n) is 2.57. The number of hydrogen-bond donors (Lipinski definition) is 0. The van der Waals surface area contributed by atoms with Crippen molar-refractivity contribution in [2.24, 2.45) is 0 Å². The molecule has 0 aromatic heterocycles. The maximum atomic E-state index is 14.3. The maximum Gasteiger partial charge on any atom is 0.460 e. The van der Waals surface area contributed by atoms with Gasteiger partial charge in [0.15, 0.2) is 5.76 Å². The summed E-state index contributed by atoms with van der Waals surface area (Å²) in [7, 11) is 0. The highest BCUT2D eigenvalue weighted by atomic mass is 19.4. The molecule has 0 atom stereocenters. The van der Waals surface area contributed by atoms with Crippen LogP contribution in [0.1, 0.15) is 18.9 Å². The van der Waals surface area contributed by atoms with Crippen molar-refractivity contribution in [3.05, 3.63) is 47.7 Å². The van der Waals surface area contributed by atoms with Crippen LogP contribution in [0.2, 0.25) is 0 Å². The zero-order valence-electron chi connectivity index (χ0n) is 17.2. The van der Waals surface area contributed by atoms with Gasteiger partial charge in [0, 0.05) is 0 Å². The molecule has 0 aliphatic heterocycles. The molecular formula is C19H15F15O. The molecule has 0 radical (unpaired) electrons. The summed E-state index contributed by atoms with van der Waals surface area (Å²) in [4.78, 5) is 0. The van der Waals surface area contributed by atoms with Crippen LogP contribution in [0, 0.1) is 0 Å². The van der Waals surface area contributed by atoms with E-state index in [1.54, 1.807) is 0 Å². The van der Waals surface area contributed by atoms with Crippen LogP contribution in [-0.4, -0.2) is 48.3 Å². The summed E-state index contributed by atoms with van der Waals surface area (Å²) >= 11 is 0. The van der Waals surface area contributed by atoms with E-state index >= 15 is 0 Å². The smallest absolute Gasteiger partial charge is 0.460 e. The monoisotopic (exact) mass is 544 g/mol. The molecule has 0 aliphatic rings. The number of benzene rings is 1. The first-order valence-electron chi connectivity index (χ1n) is 9.25. The second-order valence-electron chi connectivity index (χ2n) is 6.97. The van der Waals surface area contributed by atoms with Gasteiger partial charge in [-0.25, -0.2) is 0 Å². The molecule has 0 bridgehead atoms. The van der Waals surface area contributed by atoms with Crippen LogP contribution >= 0.6 is 0 Å². The molecule has 0 spiro atoms. The second-order valence-corrected chi connectivity index (χ2v) is 6.97. The Hall–Kier alpha value is -2.29. The van der Waals surface area contributed by atoms with Crippen LogP contribution < -0.4 is 0 Å². The maximum absolute atomic E-state index is 14.3. The summed E-state index contributed by atoms with van der Waals surface area (Å²) in [5.41, 5.74) is 0.389. The lowest BCUT2D eigenvalue weighted by atomic mass is 9.90. The molecule has 0 fully saturated rings. The standard InChI is InChI=1S/C19H15F15O/c1-2-35-12(10-6-9-11-7-4-3-5-8-11)13(20,21)14(22,23)15(24,25)16(26,27)17(28,29)18(30,31)19(32,33)34/h3-5,7-8,10H,2,6,9H2,1H3/b12-10-. The summed E-state index contributed by atoms with van der Waals surface area (Å²) in [6, 6.07) is 7.28. The fourth-order valence-corrected chi connectivity index (χ4v) is 2.57. The van der Waals surface area contributed by atoms with E-state index in [9.17, 15) is 65.9 Å². The van der Waals surface area contributed by atoms with E-state index in [0.29, 0.717) is 5.56 Å². The zero-order valence-corrected chi connectivity index (χ0v) is 17.2. The van der Waals surface area contributed by atoms with Crippen molar-refractivity contribution >= 4 is 0 Å². The van der Waals surface area contributed by atoms with Gasteiger partial charge in [0.05, 0.1) is 6.61 Å². The lowest BCUT2D eigenvalue weighted by Gasteiger charge is -2.41. The minimum atomic E-state index is -8.33. The highest BCUT2D eigenvalue weighted by Crippen LogP contribution is 2.63. The Morgan fingerprint density at radius 1 is 0.657 bits per heavy atom. The van der Waals surface area contributed by atoms with Crippen molar-refractivity contribution in [3.63, 3.8) is 0 Å². The van der Waals surface area contributed by atoms with Crippen molar-refractivity contribution in [3.8, 4) is 0 Å². The second kappa shape index (κ2) is 9.64. The molecular weight excluding hydrogens is 529 g/mol. The molecule has 16 heteroatoms. The van der Waals surface area contributed by atoms with Gasteiger partial charge in [0.2, 0.25) is 0 Å². The molecule has 35 heavy (non-hydrogen) atoms. The third-order valence-electron chi connectivity index (χ3n) is 4.54. The summed E-state index contributed by atoms with van der Waals surface area (Å²) in [5, 5.41) is 0. The average molecular weight is 544 g/mol. The first kappa shape index (κ1) is 30.7. The highest BCUT2D eigenvalue weighted by Gasteiger charge is 2.93. The highest BCUT2D eigenvalue weighted by molar-refractivity contribution is 5.21. The zero-order chi connectivity index (χ0) is 27.7. The Morgan fingerprint density at radius 2 is 1.09 bits per heavy atom. The summed E-state index contributed by atoms with van der Waals surface area (Å²) in [5.74, 6) is -49.4.